The molecule has 0 bridgehead atoms. The minimum atomic E-state index is 0.450. The lowest BCUT2D eigenvalue weighted by atomic mass is 10.1. The van der Waals surface area contributed by atoms with Crippen molar-refractivity contribution in [2.45, 2.75) is 26.3 Å². The van der Waals surface area contributed by atoms with Gasteiger partial charge in [-0.05, 0) is 25.1 Å². The van der Waals surface area contributed by atoms with Crippen LogP contribution in [0.3, 0.4) is 0 Å². The predicted octanol–water partition coefficient (Wildman–Crippen LogP) is 2.11. The average molecular weight is 230 g/mol. The Labute approximate surface area is 102 Å². The van der Waals surface area contributed by atoms with Gasteiger partial charge < -0.3 is 5.32 Å². The fraction of sp³-hybridized carbons (Fsp3) is 0.385. The summed E-state index contributed by atoms with van der Waals surface area (Å²) in [5.74, 6) is 0.450. The average Bonchev–Trinajstić information content (AvgIpc) is 2.79. The molecule has 2 aromatic heterocycles. The smallest absolute Gasteiger partial charge is 0.0721 e. The molecular formula is C13H18N4. The third-order valence-corrected chi connectivity index (χ3v) is 2.69. The Bertz CT molecular complexity index is 488. The molecule has 0 amide bonds. The fourth-order valence-electron chi connectivity index (χ4n) is 1.75. The van der Waals surface area contributed by atoms with Crippen molar-refractivity contribution < 1.29 is 0 Å². The van der Waals surface area contributed by atoms with Crippen LogP contribution in [-0.2, 0) is 6.54 Å². The van der Waals surface area contributed by atoms with E-state index in [0.717, 1.165) is 23.5 Å². The Balaban J connectivity index is 2.38. The van der Waals surface area contributed by atoms with Crippen LogP contribution in [0.25, 0.3) is 5.69 Å². The van der Waals surface area contributed by atoms with Crippen LogP contribution < -0.4 is 5.32 Å². The number of nitrogens with zero attached hydrogens (tertiary/aromatic N) is 3. The molecule has 0 aliphatic carbocycles. The Hall–Kier alpha value is -1.68. The van der Waals surface area contributed by atoms with Crippen molar-refractivity contribution in [1.29, 1.82) is 0 Å². The zero-order valence-corrected chi connectivity index (χ0v) is 10.5. The summed E-state index contributed by atoms with van der Waals surface area (Å²) in [6, 6.07) is 4.05. The number of rotatable bonds is 4. The van der Waals surface area contributed by atoms with Gasteiger partial charge >= 0.3 is 0 Å². The van der Waals surface area contributed by atoms with Crippen molar-refractivity contribution in [3.05, 3.63) is 42.0 Å². The van der Waals surface area contributed by atoms with Crippen LogP contribution in [0, 0.1) is 0 Å². The summed E-state index contributed by atoms with van der Waals surface area (Å²) in [6.45, 7) is 5.08. The lowest BCUT2D eigenvalue weighted by Crippen LogP contribution is -2.10. The zero-order chi connectivity index (χ0) is 12.3. The summed E-state index contributed by atoms with van der Waals surface area (Å²) in [5, 5.41) is 7.73. The third kappa shape index (κ3) is 2.53. The number of pyridine rings is 1. The highest BCUT2D eigenvalue weighted by molar-refractivity contribution is 5.38. The number of hydrogen-bond donors (Lipinski definition) is 1. The quantitative estimate of drug-likeness (QED) is 0.874. The van der Waals surface area contributed by atoms with Gasteiger partial charge in [-0.1, -0.05) is 13.8 Å². The Morgan fingerprint density at radius 1 is 1.35 bits per heavy atom. The first kappa shape index (κ1) is 11.8. The molecule has 0 fully saturated rings. The molecule has 0 saturated carbocycles. The van der Waals surface area contributed by atoms with Crippen molar-refractivity contribution in [2.24, 2.45) is 0 Å². The molecule has 2 heterocycles. The van der Waals surface area contributed by atoms with Gasteiger partial charge in [0.25, 0.3) is 0 Å². The van der Waals surface area contributed by atoms with Crippen molar-refractivity contribution >= 4 is 0 Å². The van der Waals surface area contributed by atoms with E-state index in [1.807, 2.05) is 30.2 Å². The molecule has 1 N–H and O–H groups in total. The van der Waals surface area contributed by atoms with Gasteiger partial charge in [0.2, 0.25) is 0 Å². The van der Waals surface area contributed by atoms with Crippen molar-refractivity contribution in [3.8, 4) is 5.69 Å². The van der Waals surface area contributed by atoms with E-state index in [9.17, 15) is 0 Å². The van der Waals surface area contributed by atoms with E-state index in [1.54, 1.807) is 6.20 Å². The molecule has 0 saturated heterocycles. The molecule has 0 spiro atoms. The summed E-state index contributed by atoms with van der Waals surface area (Å²) >= 11 is 0. The lowest BCUT2D eigenvalue weighted by molar-refractivity contribution is 0.749. The molecule has 0 atom stereocenters. The van der Waals surface area contributed by atoms with Crippen LogP contribution in [0.2, 0.25) is 0 Å². The molecule has 4 heteroatoms. The topological polar surface area (TPSA) is 42.7 Å². The minimum Gasteiger partial charge on any atom is -0.316 e. The van der Waals surface area contributed by atoms with Gasteiger partial charge in [-0.25, -0.2) is 4.68 Å². The zero-order valence-electron chi connectivity index (χ0n) is 10.5. The summed E-state index contributed by atoms with van der Waals surface area (Å²) in [6.07, 6.45) is 5.68. The highest BCUT2D eigenvalue weighted by Crippen LogP contribution is 2.16. The molecule has 0 aliphatic rings. The van der Waals surface area contributed by atoms with E-state index in [1.165, 1.54) is 0 Å². The van der Waals surface area contributed by atoms with Crippen molar-refractivity contribution in [2.75, 3.05) is 7.05 Å². The van der Waals surface area contributed by atoms with Crippen molar-refractivity contribution in [1.82, 2.24) is 20.1 Å². The summed E-state index contributed by atoms with van der Waals surface area (Å²) in [7, 11) is 1.93. The standard InChI is InChI=1S/C13H18N4/c1-10(2)12-5-7-17(16-12)13-4-6-15-9-11(13)8-14-3/h4-7,9-10,14H,8H2,1-3H3. The summed E-state index contributed by atoms with van der Waals surface area (Å²) in [5.41, 5.74) is 3.34. The van der Waals surface area contributed by atoms with Gasteiger partial charge in [-0.3, -0.25) is 4.98 Å². The molecule has 0 aliphatic heterocycles. The van der Waals surface area contributed by atoms with E-state index in [4.69, 9.17) is 0 Å². The van der Waals surface area contributed by atoms with Crippen LogP contribution in [0.5, 0.6) is 0 Å². The molecule has 0 radical (unpaired) electrons. The molecule has 17 heavy (non-hydrogen) atoms. The van der Waals surface area contributed by atoms with Crippen LogP contribution in [0.1, 0.15) is 31.0 Å². The molecule has 4 nitrogen and oxygen atoms in total. The second kappa shape index (κ2) is 5.10. The first-order valence-corrected chi connectivity index (χ1v) is 5.85. The number of hydrogen-bond acceptors (Lipinski definition) is 3. The van der Waals surface area contributed by atoms with E-state index in [-0.39, 0.29) is 0 Å². The second-order valence-electron chi connectivity index (χ2n) is 4.37. The first-order chi connectivity index (χ1) is 8.22. The maximum absolute atomic E-state index is 4.58. The maximum Gasteiger partial charge on any atom is 0.0721 e. The van der Waals surface area contributed by atoms with Crippen LogP contribution in [0.15, 0.2) is 30.7 Å². The van der Waals surface area contributed by atoms with Gasteiger partial charge in [0.1, 0.15) is 0 Å². The SMILES string of the molecule is CNCc1cnccc1-n1ccc(C(C)C)n1. The molecule has 0 unspecified atom stereocenters. The van der Waals surface area contributed by atoms with Gasteiger partial charge in [0, 0.05) is 30.7 Å². The normalized spacial score (nSPS) is 11.1. The van der Waals surface area contributed by atoms with Crippen LogP contribution in [-0.4, -0.2) is 21.8 Å². The molecule has 0 aromatic carbocycles. The highest BCUT2D eigenvalue weighted by Gasteiger charge is 2.07. The second-order valence-corrected chi connectivity index (χ2v) is 4.37. The monoisotopic (exact) mass is 230 g/mol. The van der Waals surface area contributed by atoms with Gasteiger partial charge in [0.05, 0.1) is 11.4 Å². The summed E-state index contributed by atoms with van der Waals surface area (Å²) in [4.78, 5) is 4.15. The molecular weight excluding hydrogens is 212 g/mol. The highest BCUT2D eigenvalue weighted by atomic mass is 15.3. The molecule has 90 valence electrons. The Morgan fingerprint density at radius 2 is 2.18 bits per heavy atom. The van der Waals surface area contributed by atoms with Gasteiger partial charge in [-0.15, -0.1) is 0 Å². The van der Waals surface area contributed by atoms with Gasteiger partial charge in [0.15, 0.2) is 0 Å². The molecule has 2 rings (SSSR count). The number of aromatic nitrogens is 3. The van der Waals surface area contributed by atoms with E-state index >= 15 is 0 Å². The lowest BCUT2D eigenvalue weighted by Gasteiger charge is -2.08. The minimum absolute atomic E-state index is 0.450. The fourth-order valence-corrected chi connectivity index (χ4v) is 1.75. The van der Waals surface area contributed by atoms with Crippen molar-refractivity contribution in [3.63, 3.8) is 0 Å². The number of nitrogens with one attached hydrogen (secondary N) is 1. The third-order valence-electron chi connectivity index (χ3n) is 2.69. The van der Waals surface area contributed by atoms with Crippen LogP contribution in [0.4, 0.5) is 0 Å². The van der Waals surface area contributed by atoms with Gasteiger partial charge in [-0.2, -0.15) is 5.10 Å². The predicted molar refractivity (Wildman–Crippen MR) is 68.2 cm³/mol. The largest absolute Gasteiger partial charge is 0.316 e. The van der Waals surface area contributed by atoms with E-state index < -0.39 is 0 Å². The molecule has 2 aromatic rings. The summed E-state index contributed by atoms with van der Waals surface area (Å²) < 4.78 is 1.92. The van der Waals surface area contributed by atoms with E-state index in [2.05, 4.69) is 35.3 Å². The van der Waals surface area contributed by atoms with E-state index in [0.29, 0.717) is 5.92 Å². The Morgan fingerprint density at radius 3 is 2.82 bits per heavy atom. The maximum atomic E-state index is 4.58. The first-order valence-electron chi connectivity index (χ1n) is 5.85. The Kier molecular flexibility index (Phi) is 3.54. The van der Waals surface area contributed by atoms with Crippen LogP contribution >= 0.6 is 0 Å².